The highest BCUT2D eigenvalue weighted by atomic mass is 16.3. The average molecular weight is 389 g/mol. The molecule has 0 fully saturated rings. The number of aliphatic hydroxyl groups is 4. The molecule has 0 amide bonds. The van der Waals surface area contributed by atoms with Crippen molar-refractivity contribution in [2.45, 2.75) is 50.2 Å². The maximum absolute atomic E-state index is 10.3. The van der Waals surface area contributed by atoms with Crippen molar-refractivity contribution in [2.75, 3.05) is 19.8 Å². The highest BCUT2D eigenvalue weighted by molar-refractivity contribution is 5.27. The third kappa shape index (κ3) is 7.00. The minimum absolute atomic E-state index is 0.212. The molecule has 28 heavy (non-hydrogen) atoms. The van der Waals surface area contributed by atoms with Gasteiger partial charge in [-0.1, -0.05) is 48.5 Å². The van der Waals surface area contributed by atoms with Crippen molar-refractivity contribution in [3.63, 3.8) is 0 Å². The molecule has 154 valence electrons. The molecule has 1 atom stereocenters. The molecule has 0 bridgehead atoms. The summed E-state index contributed by atoms with van der Waals surface area (Å²) in [5, 5.41) is 37.9. The topological polar surface area (TPSA) is 109 Å². The highest BCUT2D eigenvalue weighted by Crippen LogP contribution is 2.22. The molecule has 5 heteroatoms. The van der Waals surface area contributed by atoms with Crippen molar-refractivity contribution in [2.24, 2.45) is 0 Å². The first-order valence-electron chi connectivity index (χ1n) is 10.0. The van der Waals surface area contributed by atoms with E-state index in [9.17, 15) is 15.3 Å². The van der Waals surface area contributed by atoms with Gasteiger partial charge < -0.3 is 26.2 Å². The van der Waals surface area contributed by atoms with Crippen LogP contribution >= 0.6 is 0 Å². The van der Waals surface area contributed by atoms with E-state index >= 15 is 0 Å². The van der Waals surface area contributed by atoms with Gasteiger partial charge in [-0.3, -0.25) is 0 Å². The minimum atomic E-state index is -0.928. The van der Waals surface area contributed by atoms with Crippen LogP contribution in [0.5, 0.6) is 0 Å². The lowest BCUT2D eigenvalue weighted by Gasteiger charge is -2.24. The highest BCUT2D eigenvalue weighted by Gasteiger charge is 2.31. The lowest BCUT2D eigenvalue weighted by Crippen LogP contribution is -2.77. The first-order valence-corrected chi connectivity index (χ1v) is 10.0. The van der Waals surface area contributed by atoms with Crippen molar-refractivity contribution in [1.29, 1.82) is 0 Å². The van der Waals surface area contributed by atoms with Crippen LogP contribution in [0, 0.1) is 0 Å². The number of hydrogen-bond donors (Lipinski definition) is 5. The summed E-state index contributed by atoms with van der Waals surface area (Å²) in [5.41, 5.74) is 7.45. The van der Waals surface area contributed by atoms with E-state index in [4.69, 9.17) is 5.11 Å². The summed E-state index contributed by atoms with van der Waals surface area (Å²) in [4.78, 5) is 0. The molecule has 0 aliphatic rings. The monoisotopic (exact) mass is 388 g/mol. The molecular weight excluding hydrogens is 354 g/mol. The molecule has 2 aromatic carbocycles. The molecule has 1 unspecified atom stereocenters. The Morgan fingerprint density at radius 2 is 1.18 bits per heavy atom. The quantitative estimate of drug-likeness (QED) is 0.352. The Morgan fingerprint density at radius 3 is 1.64 bits per heavy atom. The second kappa shape index (κ2) is 11.3. The molecule has 0 radical (unpaired) electrons. The van der Waals surface area contributed by atoms with Gasteiger partial charge in [0.15, 0.2) is 0 Å². The second-order valence-corrected chi connectivity index (χ2v) is 7.77. The van der Waals surface area contributed by atoms with Crippen LogP contribution in [0.2, 0.25) is 0 Å². The molecule has 0 aliphatic heterocycles. The maximum Gasteiger partial charge on any atom is 0.144 e. The SMILES string of the molecule is [NH3+]C(CO)(CO)CC(O)c1ccc(CCc2ccc(CCCCO)cc2)cc1. The normalized spacial score (nSPS) is 12.9. The third-order valence-electron chi connectivity index (χ3n) is 5.26. The summed E-state index contributed by atoms with van der Waals surface area (Å²) < 4.78 is 0. The van der Waals surface area contributed by atoms with Crippen molar-refractivity contribution in [3.05, 3.63) is 70.8 Å². The van der Waals surface area contributed by atoms with E-state index < -0.39 is 11.6 Å². The Labute approximate surface area is 167 Å². The largest absolute Gasteiger partial charge is 0.396 e. The van der Waals surface area contributed by atoms with Crippen LogP contribution in [0.3, 0.4) is 0 Å². The van der Waals surface area contributed by atoms with Gasteiger partial charge in [0.2, 0.25) is 0 Å². The van der Waals surface area contributed by atoms with Crippen LogP contribution in [0.4, 0.5) is 0 Å². The zero-order valence-corrected chi connectivity index (χ0v) is 16.6. The summed E-state index contributed by atoms with van der Waals surface area (Å²) in [7, 11) is 0. The number of hydrogen-bond acceptors (Lipinski definition) is 4. The van der Waals surface area contributed by atoms with Gasteiger partial charge in [0.25, 0.3) is 0 Å². The molecule has 7 N–H and O–H groups in total. The van der Waals surface area contributed by atoms with Crippen LogP contribution in [-0.4, -0.2) is 45.8 Å². The third-order valence-corrected chi connectivity index (χ3v) is 5.26. The van der Waals surface area contributed by atoms with Gasteiger partial charge in [-0.05, 0) is 54.4 Å². The van der Waals surface area contributed by atoms with E-state index in [0.29, 0.717) is 0 Å². The Balaban J connectivity index is 1.85. The molecule has 5 nitrogen and oxygen atoms in total. The predicted octanol–water partition coefficient (Wildman–Crippen LogP) is 1.18. The van der Waals surface area contributed by atoms with Crippen molar-refractivity contribution in [1.82, 2.24) is 0 Å². The number of benzene rings is 2. The van der Waals surface area contributed by atoms with E-state index in [0.717, 1.165) is 37.7 Å². The number of rotatable bonds is 12. The van der Waals surface area contributed by atoms with E-state index in [2.05, 4.69) is 30.0 Å². The van der Waals surface area contributed by atoms with E-state index in [1.807, 2.05) is 24.3 Å². The van der Waals surface area contributed by atoms with E-state index in [-0.39, 0.29) is 26.2 Å². The number of unbranched alkanes of at least 4 members (excludes halogenated alkanes) is 1. The molecule has 2 aromatic rings. The summed E-state index contributed by atoms with van der Waals surface area (Å²) in [6, 6.07) is 16.5. The van der Waals surface area contributed by atoms with Crippen molar-refractivity contribution in [3.8, 4) is 0 Å². The second-order valence-electron chi connectivity index (χ2n) is 7.77. The van der Waals surface area contributed by atoms with Gasteiger partial charge in [0, 0.05) is 13.0 Å². The van der Waals surface area contributed by atoms with Crippen molar-refractivity contribution >= 4 is 0 Å². The zero-order chi connectivity index (χ0) is 20.4. The Kier molecular flexibility index (Phi) is 9.09. The minimum Gasteiger partial charge on any atom is -0.396 e. The summed E-state index contributed by atoms with van der Waals surface area (Å²) >= 11 is 0. The van der Waals surface area contributed by atoms with Gasteiger partial charge >= 0.3 is 0 Å². The van der Waals surface area contributed by atoms with Crippen LogP contribution in [-0.2, 0) is 19.3 Å². The van der Waals surface area contributed by atoms with Crippen molar-refractivity contribution < 1.29 is 26.2 Å². The Bertz CT molecular complexity index is 681. The number of quaternary nitrogens is 1. The van der Waals surface area contributed by atoms with Crippen LogP contribution in [0.15, 0.2) is 48.5 Å². The Hall–Kier alpha value is -1.76. The molecule has 0 aliphatic carbocycles. The molecule has 0 aromatic heterocycles. The smallest absolute Gasteiger partial charge is 0.144 e. The lowest BCUT2D eigenvalue weighted by atomic mass is 9.91. The molecule has 0 saturated heterocycles. The molecular formula is C23H34NO4+. The van der Waals surface area contributed by atoms with Gasteiger partial charge in [-0.2, -0.15) is 0 Å². The van der Waals surface area contributed by atoms with Gasteiger partial charge in [-0.15, -0.1) is 0 Å². The molecule has 2 rings (SSSR count). The van der Waals surface area contributed by atoms with Crippen LogP contribution in [0.25, 0.3) is 0 Å². The van der Waals surface area contributed by atoms with Gasteiger partial charge in [0.05, 0.1) is 6.10 Å². The Morgan fingerprint density at radius 1 is 0.714 bits per heavy atom. The maximum atomic E-state index is 10.3. The van der Waals surface area contributed by atoms with E-state index in [1.54, 1.807) is 0 Å². The first kappa shape index (κ1) is 22.5. The van der Waals surface area contributed by atoms with Gasteiger partial charge in [0.1, 0.15) is 18.8 Å². The molecule has 0 saturated carbocycles. The fraction of sp³-hybridized carbons (Fsp3) is 0.478. The summed E-state index contributed by atoms with van der Waals surface area (Å²) in [6.45, 7) is -0.273. The number of aryl methyl sites for hydroxylation is 3. The van der Waals surface area contributed by atoms with Gasteiger partial charge in [-0.25, -0.2) is 0 Å². The average Bonchev–Trinajstić information content (AvgIpc) is 2.73. The van der Waals surface area contributed by atoms with Crippen LogP contribution in [0.1, 0.15) is 47.6 Å². The standard InChI is InChI=1S/C23H33NO4/c24-23(16-26,17-27)15-22(28)21-12-10-20(11-13-21)9-8-19-6-4-18(5-7-19)3-1-2-14-25/h4-7,10-13,22,25-28H,1-3,8-9,14-17,24H2/p+1. The molecule has 0 heterocycles. The summed E-state index contributed by atoms with van der Waals surface area (Å²) in [5.74, 6) is 0. The zero-order valence-electron chi connectivity index (χ0n) is 16.6. The van der Waals surface area contributed by atoms with E-state index in [1.165, 1.54) is 16.7 Å². The summed E-state index contributed by atoms with van der Waals surface area (Å²) in [6.07, 6.45) is 4.20. The molecule has 0 spiro atoms. The first-order chi connectivity index (χ1) is 13.5. The number of aliphatic hydroxyl groups excluding tert-OH is 4. The fourth-order valence-corrected chi connectivity index (χ4v) is 3.22. The van der Waals surface area contributed by atoms with Crippen LogP contribution < -0.4 is 5.73 Å². The lowest BCUT2D eigenvalue weighted by molar-refractivity contribution is -0.494. The predicted molar refractivity (Wildman–Crippen MR) is 110 cm³/mol. The fourth-order valence-electron chi connectivity index (χ4n) is 3.22.